The number of carbonyl (C=O) groups excluding carboxylic acids is 2. The maximum absolute atomic E-state index is 14.3. The molecule has 1 N–H and O–H groups in total. The topological polar surface area (TPSA) is 67.9 Å². The van der Waals surface area contributed by atoms with Crippen LogP contribution < -0.4 is 19.7 Å². The minimum Gasteiger partial charge on any atom is -0.486 e. The van der Waals surface area contributed by atoms with E-state index in [4.69, 9.17) is 9.47 Å². The van der Waals surface area contributed by atoms with Gasteiger partial charge in [-0.05, 0) is 74.2 Å². The van der Waals surface area contributed by atoms with E-state index in [9.17, 15) is 14.0 Å². The Labute approximate surface area is 222 Å². The Morgan fingerprint density at radius 3 is 2.32 bits per heavy atom. The fourth-order valence-corrected chi connectivity index (χ4v) is 5.35. The highest BCUT2D eigenvalue weighted by Gasteiger charge is 2.36. The van der Waals surface area contributed by atoms with E-state index >= 15 is 0 Å². The Balaban J connectivity index is 1.61. The lowest BCUT2D eigenvalue weighted by Crippen LogP contribution is -2.47. The fourth-order valence-electron chi connectivity index (χ4n) is 5.35. The summed E-state index contributed by atoms with van der Waals surface area (Å²) < 4.78 is 25.3. The first-order chi connectivity index (χ1) is 18.4. The summed E-state index contributed by atoms with van der Waals surface area (Å²) in [6.07, 6.45) is 5.08. The van der Waals surface area contributed by atoms with Gasteiger partial charge in [0.05, 0.1) is 0 Å². The molecule has 1 aliphatic heterocycles. The van der Waals surface area contributed by atoms with Crippen molar-refractivity contribution in [3.8, 4) is 11.5 Å². The van der Waals surface area contributed by atoms with E-state index in [1.54, 1.807) is 30.3 Å². The summed E-state index contributed by atoms with van der Waals surface area (Å²) in [5.74, 6) is 0.0245. The molecule has 1 heterocycles. The summed E-state index contributed by atoms with van der Waals surface area (Å²) in [7, 11) is 0. The van der Waals surface area contributed by atoms with Crippen LogP contribution in [0.15, 0.2) is 60.7 Å². The first kappa shape index (κ1) is 25.8. The number of hydrogen-bond acceptors (Lipinski definition) is 4. The number of aryl methyl sites for hydroxylation is 2. The van der Waals surface area contributed by atoms with E-state index < -0.39 is 11.9 Å². The molecule has 3 aromatic carbocycles. The van der Waals surface area contributed by atoms with Crippen LogP contribution in [0, 0.1) is 19.7 Å². The lowest BCUT2D eigenvalue weighted by atomic mass is 9.94. The molecule has 38 heavy (non-hydrogen) atoms. The second-order valence-electron chi connectivity index (χ2n) is 10.1. The molecule has 0 bridgehead atoms. The number of nitrogens with zero attached hydrogens (tertiary/aromatic N) is 1. The third-order valence-corrected chi connectivity index (χ3v) is 7.26. The molecule has 0 aromatic heterocycles. The van der Waals surface area contributed by atoms with Crippen molar-refractivity contribution in [3.63, 3.8) is 0 Å². The van der Waals surface area contributed by atoms with Gasteiger partial charge >= 0.3 is 0 Å². The molecule has 2 aliphatic rings. The number of hydrogen-bond donors (Lipinski definition) is 1. The van der Waals surface area contributed by atoms with Crippen molar-refractivity contribution >= 4 is 17.5 Å². The van der Waals surface area contributed by atoms with Crippen LogP contribution in [-0.2, 0) is 4.79 Å². The summed E-state index contributed by atoms with van der Waals surface area (Å²) in [4.78, 5) is 29.9. The number of amides is 2. The summed E-state index contributed by atoms with van der Waals surface area (Å²) in [6, 6.07) is 15.7. The minimum absolute atomic E-state index is 0.0459. The average molecular weight is 517 g/mol. The van der Waals surface area contributed by atoms with Gasteiger partial charge < -0.3 is 14.8 Å². The van der Waals surface area contributed by atoms with Gasteiger partial charge in [0.2, 0.25) is 5.91 Å². The second-order valence-corrected chi connectivity index (χ2v) is 10.1. The molecule has 7 heteroatoms. The third kappa shape index (κ3) is 5.52. The van der Waals surface area contributed by atoms with E-state index in [1.165, 1.54) is 17.0 Å². The quantitative estimate of drug-likeness (QED) is 0.433. The number of carbonyl (C=O) groups is 2. The van der Waals surface area contributed by atoms with Crippen LogP contribution in [-0.4, -0.2) is 31.1 Å². The van der Waals surface area contributed by atoms with Crippen molar-refractivity contribution in [1.29, 1.82) is 0 Å². The standard InChI is InChI=1S/C31H33FN2O4/c1-20-8-14-26(21(2)18-20)34(31(36)23-11-15-27-28(19-23)38-17-16-37-27)29(22-9-12-24(32)13-10-22)30(35)33-25-6-4-3-5-7-25/h8-15,18-19,25,29H,3-7,16-17H2,1-2H3,(H,33,35). The van der Waals surface area contributed by atoms with Crippen molar-refractivity contribution in [2.24, 2.45) is 0 Å². The number of halogens is 1. The predicted octanol–water partition coefficient (Wildman–Crippen LogP) is 6.05. The van der Waals surface area contributed by atoms with Crippen LogP contribution in [0.4, 0.5) is 10.1 Å². The SMILES string of the molecule is Cc1ccc(N(C(=O)c2ccc3c(c2)OCCO3)C(C(=O)NC2CCCCC2)c2ccc(F)cc2)c(C)c1. The smallest absolute Gasteiger partial charge is 0.259 e. The number of anilines is 1. The Morgan fingerprint density at radius 2 is 1.61 bits per heavy atom. The molecule has 1 fully saturated rings. The summed E-state index contributed by atoms with van der Waals surface area (Å²) in [6.45, 7) is 4.75. The van der Waals surface area contributed by atoms with Crippen molar-refractivity contribution in [3.05, 3.63) is 88.7 Å². The zero-order valence-corrected chi connectivity index (χ0v) is 21.8. The molecule has 198 valence electrons. The first-order valence-electron chi connectivity index (χ1n) is 13.3. The van der Waals surface area contributed by atoms with E-state index in [-0.39, 0.29) is 17.9 Å². The molecule has 1 aliphatic carbocycles. The molecule has 1 unspecified atom stereocenters. The molecular weight excluding hydrogens is 483 g/mol. The van der Waals surface area contributed by atoms with Crippen molar-refractivity contribution in [2.75, 3.05) is 18.1 Å². The minimum atomic E-state index is -1.00. The van der Waals surface area contributed by atoms with Crippen LogP contribution in [0.2, 0.25) is 0 Å². The molecular formula is C31H33FN2O4. The van der Waals surface area contributed by atoms with Gasteiger partial charge in [0, 0.05) is 17.3 Å². The number of ether oxygens (including phenoxy) is 2. The Bertz CT molecular complexity index is 1320. The zero-order chi connectivity index (χ0) is 26.6. The lowest BCUT2D eigenvalue weighted by Gasteiger charge is -2.34. The Hall–Kier alpha value is -3.87. The van der Waals surface area contributed by atoms with E-state index in [1.807, 2.05) is 32.0 Å². The van der Waals surface area contributed by atoms with Crippen molar-refractivity contribution < 1.29 is 23.5 Å². The van der Waals surface area contributed by atoms with Crippen LogP contribution >= 0.6 is 0 Å². The molecule has 6 nitrogen and oxygen atoms in total. The van der Waals surface area contributed by atoms with Crippen molar-refractivity contribution in [2.45, 2.75) is 58.0 Å². The van der Waals surface area contributed by atoms with E-state index in [0.717, 1.165) is 43.2 Å². The van der Waals surface area contributed by atoms with Gasteiger partial charge in [-0.2, -0.15) is 0 Å². The van der Waals surface area contributed by atoms with Gasteiger partial charge in [-0.3, -0.25) is 14.5 Å². The maximum Gasteiger partial charge on any atom is 0.259 e. The average Bonchev–Trinajstić information content (AvgIpc) is 2.93. The molecule has 0 saturated heterocycles. The summed E-state index contributed by atoms with van der Waals surface area (Å²) in [5.41, 5.74) is 3.41. The first-order valence-corrected chi connectivity index (χ1v) is 13.3. The Morgan fingerprint density at radius 1 is 0.895 bits per heavy atom. The van der Waals surface area contributed by atoms with Crippen LogP contribution in [0.5, 0.6) is 11.5 Å². The van der Waals surface area contributed by atoms with Gasteiger partial charge in [-0.1, -0.05) is 49.1 Å². The third-order valence-electron chi connectivity index (χ3n) is 7.26. The maximum atomic E-state index is 14.3. The highest BCUT2D eigenvalue weighted by molar-refractivity contribution is 6.10. The van der Waals surface area contributed by atoms with Crippen LogP contribution in [0.25, 0.3) is 0 Å². The zero-order valence-electron chi connectivity index (χ0n) is 21.8. The highest BCUT2D eigenvalue weighted by atomic mass is 19.1. The Kier molecular flexibility index (Phi) is 7.63. The second kappa shape index (κ2) is 11.3. The van der Waals surface area contributed by atoms with Gasteiger partial charge in [0.15, 0.2) is 11.5 Å². The summed E-state index contributed by atoms with van der Waals surface area (Å²) in [5, 5.41) is 3.20. The lowest BCUT2D eigenvalue weighted by molar-refractivity contribution is -0.123. The van der Waals surface area contributed by atoms with Crippen LogP contribution in [0.3, 0.4) is 0 Å². The van der Waals surface area contributed by atoms with Gasteiger partial charge in [-0.25, -0.2) is 4.39 Å². The number of rotatable bonds is 6. The molecule has 2 amide bonds. The van der Waals surface area contributed by atoms with Gasteiger partial charge in [0.25, 0.3) is 5.91 Å². The van der Waals surface area contributed by atoms with Gasteiger partial charge in [0.1, 0.15) is 25.1 Å². The molecule has 1 saturated carbocycles. The normalized spacial score (nSPS) is 16.0. The summed E-state index contributed by atoms with van der Waals surface area (Å²) >= 11 is 0. The van der Waals surface area contributed by atoms with Crippen molar-refractivity contribution in [1.82, 2.24) is 5.32 Å². The van der Waals surface area contributed by atoms with E-state index in [0.29, 0.717) is 41.5 Å². The largest absolute Gasteiger partial charge is 0.486 e. The molecule has 5 rings (SSSR count). The van der Waals surface area contributed by atoms with Gasteiger partial charge in [-0.15, -0.1) is 0 Å². The predicted molar refractivity (Wildman–Crippen MR) is 144 cm³/mol. The van der Waals surface area contributed by atoms with Crippen LogP contribution in [0.1, 0.15) is 65.2 Å². The monoisotopic (exact) mass is 516 g/mol. The number of benzene rings is 3. The molecule has 0 spiro atoms. The molecule has 1 atom stereocenters. The highest BCUT2D eigenvalue weighted by Crippen LogP contribution is 2.36. The molecule has 3 aromatic rings. The number of nitrogens with one attached hydrogen (secondary N) is 1. The molecule has 0 radical (unpaired) electrons. The number of fused-ring (bicyclic) bond motifs is 1. The van der Waals surface area contributed by atoms with E-state index in [2.05, 4.69) is 5.32 Å². The fraction of sp³-hybridized carbons (Fsp3) is 0.355.